The molecule has 2 aromatic rings. The maximum absolute atomic E-state index is 13.1. The zero-order valence-corrected chi connectivity index (χ0v) is 14.7. The van der Waals surface area contributed by atoms with Crippen LogP contribution in [0, 0.1) is 0 Å². The minimum Gasteiger partial charge on any atom is -0.334 e. The van der Waals surface area contributed by atoms with Crippen LogP contribution in [0.5, 0.6) is 0 Å². The number of nitrogens with one attached hydrogen (secondary N) is 3. The van der Waals surface area contributed by atoms with Crippen molar-refractivity contribution in [3.05, 3.63) is 68.6 Å². The largest absolute Gasteiger partial charge is 0.416 e. The zero-order chi connectivity index (χ0) is 19.6. The normalized spacial score (nSPS) is 14.5. The average Bonchev–Trinajstić information content (AvgIpc) is 3.06. The van der Waals surface area contributed by atoms with Crippen molar-refractivity contribution in [2.75, 3.05) is 0 Å². The van der Waals surface area contributed by atoms with Crippen molar-refractivity contribution < 1.29 is 18.0 Å². The molecule has 0 saturated heterocycles. The summed E-state index contributed by atoms with van der Waals surface area (Å²) in [6.45, 7) is 1.48. The second kappa shape index (κ2) is 7.46. The third kappa shape index (κ3) is 4.32. The van der Waals surface area contributed by atoms with Gasteiger partial charge in [0.25, 0.3) is 5.56 Å². The van der Waals surface area contributed by atoms with Gasteiger partial charge in [0.1, 0.15) is 0 Å². The van der Waals surface area contributed by atoms with Crippen molar-refractivity contribution in [2.45, 2.75) is 44.9 Å². The summed E-state index contributed by atoms with van der Waals surface area (Å²) in [4.78, 5) is 26.9. The molecule has 1 aromatic carbocycles. The number of carbonyl (C=O) groups excluding carboxylic acids is 1. The molecule has 0 spiro atoms. The van der Waals surface area contributed by atoms with E-state index in [0.29, 0.717) is 5.56 Å². The number of aromatic nitrogens is 1. The molecule has 1 aromatic heterocycles. The number of rotatable bonds is 4. The van der Waals surface area contributed by atoms with Crippen LogP contribution >= 0.6 is 0 Å². The lowest BCUT2D eigenvalue weighted by Crippen LogP contribution is -2.38. The molecule has 1 aliphatic rings. The first-order chi connectivity index (χ1) is 12.8. The lowest BCUT2D eigenvalue weighted by molar-refractivity contribution is -0.138. The first kappa shape index (κ1) is 19.0. The summed E-state index contributed by atoms with van der Waals surface area (Å²) in [7, 11) is 0. The van der Waals surface area contributed by atoms with Crippen LogP contribution in [0.4, 0.5) is 18.0 Å². The number of hydrogen-bond acceptors (Lipinski definition) is 2. The number of H-pyrrole nitrogens is 1. The number of carbonyl (C=O) groups is 1. The van der Waals surface area contributed by atoms with Gasteiger partial charge >= 0.3 is 12.2 Å². The van der Waals surface area contributed by atoms with Gasteiger partial charge in [-0.3, -0.25) is 4.79 Å². The lowest BCUT2D eigenvalue weighted by Gasteiger charge is -2.19. The van der Waals surface area contributed by atoms with E-state index in [1.54, 1.807) is 6.07 Å². The van der Waals surface area contributed by atoms with E-state index in [1.807, 2.05) is 0 Å². The fraction of sp³-hybridized carbons (Fsp3) is 0.368. The maximum atomic E-state index is 13.1. The molecule has 1 unspecified atom stereocenters. The highest BCUT2D eigenvalue weighted by molar-refractivity contribution is 5.74. The summed E-state index contributed by atoms with van der Waals surface area (Å²) in [6.07, 6.45) is -1.79. The molecule has 0 bridgehead atoms. The van der Waals surface area contributed by atoms with E-state index in [2.05, 4.69) is 15.6 Å². The van der Waals surface area contributed by atoms with Gasteiger partial charge in [-0.05, 0) is 49.4 Å². The number of hydrogen-bond donors (Lipinski definition) is 3. The predicted octanol–water partition coefficient (Wildman–Crippen LogP) is 3.44. The Morgan fingerprint density at radius 2 is 2.00 bits per heavy atom. The van der Waals surface area contributed by atoms with E-state index < -0.39 is 23.8 Å². The standard InChI is InChI=1S/C19H20F3N3O2/c1-11(14-6-2-3-7-15(14)19(20,21)22)24-18(27)23-10-13-9-12-5-4-8-16(12)25-17(13)26/h2-3,6-7,9,11H,4-5,8,10H2,1H3,(H,25,26)(H2,23,24,27). The molecule has 8 heteroatoms. The molecule has 1 heterocycles. The van der Waals surface area contributed by atoms with Crippen LogP contribution in [0.25, 0.3) is 0 Å². The minimum atomic E-state index is -4.50. The van der Waals surface area contributed by atoms with Crippen LogP contribution < -0.4 is 16.2 Å². The van der Waals surface area contributed by atoms with E-state index in [4.69, 9.17) is 0 Å². The van der Waals surface area contributed by atoms with Crippen LogP contribution in [0.3, 0.4) is 0 Å². The van der Waals surface area contributed by atoms with Crippen molar-refractivity contribution in [1.29, 1.82) is 0 Å². The van der Waals surface area contributed by atoms with Gasteiger partial charge in [0.15, 0.2) is 0 Å². The number of alkyl halides is 3. The van der Waals surface area contributed by atoms with Gasteiger partial charge in [-0.15, -0.1) is 0 Å². The quantitative estimate of drug-likeness (QED) is 0.761. The molecule has 27 heavy (non-hydrogen) atoms. The predicted molar refractivity (Wildman–Crippen MR) is 94.3 cm³/mol. The van der Waals surface area contributed by atoms with Crippen molar-refractivity contribution in [3.63, 3.8) is 0 Å². The van der Waals surface area contributed by atoms with E-state index in [9.17, 15) is 22.8 Å². The van der Waals surface area contributed by atoms with Crippen LogP contribution in [0.1, 0.15) is 47.3 Å². The second-order valence-electron chi connectivity index (χ2n) is 6.61. The lowest BCUT2D eigenvalue weighted by atomic mass is 10.0. The molecule has 3 rings (SSSR count). The van der Waals surface area contributed by atoms with Gasteiger partial charge in [0, 0.05) is 17.8 Å². The first-order valence-corrected chi connectivity index (χ1v) is 8.70. The molecule has 2 amide bonds. The second-order valence-corrected chi connectivity index (χ2v) is 6.61. The number of aromatic amines is 1. The Labute approximate surface area is 154 Å². The highest BCUT2D eigenvalue weighted by atomic mass is 19.4. The van der Waals surface area contributed by atoms with E-state index >= 15 is 0 Å². The molecule has 1 aliphatic carbocycles. The van der Waals surface area contributed by atoms with Crippen molar-refractivity contribution in [2.24, 2.45) is 0 Å². The average molecular weight is 379 g/mol. The van der Waals surface area contributed by atoms with Crippen LogP contribution in [-0.2, 0) is 25.6 Å². The molecular formula is C19H20F3N3O2. The number of urea groups is 1. The van der Waals surface area contributed by atoms with E-state index in [1.165, 1.54) is 25.1 Å². The Morgan fingerprint density at radius 3 is 2.74 bits per heavy atom. The summed E-state index contributed by atoms with van der Waals surface area (Å²) >= 11 is 0. The molecule has 0 radical (unpaired) electrons. The van der Waals surface area contributed by atoms with Gasteiger partial charge in [-0.2, -0.15) is 13.2 Å². The van der Waals surface area contributed by atoms with Crippen molar-refractivity contribution in [3.8, 4) is 0 Å². The van der Waals surface area contributed by atoms with Gasteiger partial charge in [-0.25, -0.2) is 4.79 Å². The highest BCUT2D eigenvalue weighted by Crippen LogP contribution is 2.34. The number of halogens is 3. The summed E-state index contributed by atoms with van der Waals surface area (Å²) in [5.74, 6) is 0. The van der Waals surface area contributed by atoms with Crippen LogP contribution in [-0.4, -0.2) is 11.0 Å². The maximum Gasteiger partial charge on any atom is 0.416 e. The summed E-state index contributed by atoms with van der Waals surface area (Å²) < 4.78 is 39.3. The van der Waals surface area contributed by atoms with Crippen molar-refractivity contribution in [1.82, 2.24) is 15.6 Å². The number of fused-ring (bicyclic) bond motifs is 1. The molecule has 5 nitrogen and oxygen atoms in total. The third-order valence-corrected chi connectivity index (χ3v) is 4.68. The summed E-state index contributed by atoms with van der Waals surface area (Å²) in [5.41, 5.74) is 1.37. The van der Waals surface area contributed by atoms with Gasteiger partial charge in [-0.1, -0.05) is 18.2 Å². The molecule has 0 saturated carbocycles. The molecule has 0 aliphatic heterocycles. The number of benzene rings is 1. The smallest absolute Gasteiger partial charge is 0.334 e. The molecule has 144 valence electrons. The van der Waals surface area contributed by atoms with Gasteiger partial charge in [0.2, 0.25) is 0 Å². The monoisotopic (exact) mass is 379 g/mol. The molecule has 1 atom stereocenters. The fourth-order valence-corrected chi connectivity index (χ4v) is 3.33. The number of aryl methyl sites for hydroxylation is 2. The Balaban J connectivity index is 1.64. The molecule has 3 N–H and O–H groups in total. The Kier molecular flexibility index (Phi) is 5.25. The van der Waals surface area contributed by atoms with E-state index in [0.717, 1.165) is 36.6 Å². The molecule has 0 fully saturated rings. The number of pyridine rings is 1. The topological polar surface area (TPSA) is 74.0 Å². The Bertz CT molecular complexity index is 906. The third-order valence-electron chi connectivity index (χ3n) is 4.68. The zero-order valence-electron chi connectivity index (χ0n) is 14.7. The van der Waals surface area contributed by atoms with Gasteiger partial charge in [0.05, 0.1) is 11.6 Å². The van der Waals surface area contributed by atoms with E-state index in [-0.39, 0.29) is 17.7 Å². The summed E-state index contributed by atoms with van der Waals surface area (Å²) in [6, 6.07) is 5.41. The molecular weight excluding hydrogens is 359 g/mol. The van der Waals surface area contributed by atoms with Crippen LogP contribution in [0.2, 0.25) is 0 Å². The fourth-order valence-electron chi connectivity index (χ4n) is 3.33. The van der Waals surface area contributed by atoms with Crippen LogP contribution in [0.15, 0.2) is 35.1 Å². The summed E-state index contributed by atoms with van der Waals surface area (Å²) in [5, 5.41) is 5.03. The number of amides is 2. The van der Waals surface area contributed by atoms with Crippen molar-refractivity contribution >= 4 is 6.03 Å². The Morgan fingerprint density at radius 1 is 1.26 bits per heavy atom. The SMILES string of the molecule is CC(NC(=O)NCc1cc2c([nH]c1=O)CCC2)c1ccccc1C(F)(F)F. The highest BCUT2D eigenvalue weighted by Gasteiger charge is 2.34. The first-order valence-electron chi connectivity index (χ1n) is 8.70. The minimum absolute atomic E-state index is 0.00207. The Hall–Kier alpha value is -2.77. The van der Waals surface area contributed by atoms with Gasteiger partial charge < -0.3 is 15.6 Å².